The van der Waals surface area contributed by atoms with E-state index in [0.717, 1.165) is 40.8 Å². The summed E-state index contributed by atoms with van der Waals surface area (Å²) in [6.45, 7) is 10.4. The lowest BCUT2D eigenvalue weighted by Crippen LogP contribution is -2.25. The van der Waals surface area contributed by atoms with E-state index in [-0.39, 0.29) is 6.04 Å². The molecular weight excluding hydrogens is 356 g/mol. The molecule has 3 rings (SSSR count). The van der Waals surface area contributed by atoms with Gasteiger partial charge in [-0.05, 0) is 44.5 Å². The number of hydrogen-bond donors (Lipinski definition) is 1. The summed E-state index contributed by atoms with van der Waals surface area (Å²) in [5.41, 5.74) is 12.0. The molecule has 1 aromatic carbocycles. The molecule has 29 heavy (non-hydrogen) atoms. The number of pyridine rings is 1. The summed E-state index contributed by atoms with van der Waals surface area (Å²) in [5, 5.41) is 5.71. The van der Waals surface area contributed by atoms with E-state index >= 15 is 0 Å². The van der Waals surface area contributed by atoms with Crippen molar-refractivity contribution in [3.05, 3.63) is 77.8 Å². The maximum Gasteiger partial charge on any atom is 0.0737 e. The van der Waals surface area contributed by atoms with E-state index in [1.165, 1.54) is 12.0 Å². The number of allylic oxidation sites excluding steroid dienone is 3. The van der Waals surface area contributed by atoms with Crippen LogP contribution < -0.4 is 5.73 Å². The van der Waals surface area contributed by atoms with Gasteiger partial charge < -0.3 is 5.73 Å². The first-order valence-corrected chi connectivity index (χ1v) is 10.4. The fourth-order valence-electron chi connectivity index (χ4n) is 3.11. The molecule has 1 unspecified atom stereocenters. The molecule has 4 heteroatoms. The van der Waals surface area contributed by atoms with E-state index in [1.54, 1.807) is 0 Å². The van der Waals surface area contributed by atoms with Gasteiger partial charge in [-0.3, -0.25) is 4.98 Å². The van der Waals surface area contributed by atoms with Gasteiger partial charge in [0.1, 0.15) is 0 Å². The standard InChI is InChI=1S/C22H26N4.C3H8/c1-4-5-9-20(26-22-10-7-6-8-18(22)15-24-26)13-19(23)14-21-16(2)11-12-17(3)25-21;1-3-2/h4-12,15,19H,13-14,23H2,1-3H3;3H2,1-2H3/b5-4-,20-9+;. The van der Waals surface area contributed by atoms with Gasteiger partial charge in [0.05, 0.1) is 11.7 Å². The van der Waals surface area contributed by atoms with E-state index in [4.69, 9.17) is 5.73 Å². The molecule has 0 aliphatic heterocycles. The molecule has 2 N–H and O–H groups in total. The Bertz CT molecular complexity index is 966. The fourth-order valence-corrected chi connectivity index (χ4v) is 3.11. The molecule has 0 aliphatic rings. The van der Waals surface area contributed by atoms with Crippen LogP contribution in [0.25, 0.3) is 16.6 Å². The number of nitrogens with two attached hydrogens (primary N) is 1. The van der Waals surface area contributed by atoms with Crippen molar-refractivity contribution in [2.75, 3.05) is 0 Å². The average Bonchev–Trinajstić information content (AvgIpc) is 3.13. The minimum absolute atomic E-state index is 0.0255. The van der Waals surface area contributed by atoms with E-state index < -0.39 is 0 Å². The molecule has 154 valence electrons. The van der Waals surface area contributed by atoms with Crippen molar-refractivity contribution in [3.8, 4) is 0 Å². The van der Waals surface area contributed by atoms with Gasteiger partial charge in [-0.2, -0.15) is 5.10 Å². The van der Waals surface area contributed by atoms with Crippen molar-refractivity contribution in [1.29, 1.82) is 0 Å². The lowest BCUT2D eigenvalue weighted by atomic mass is 10.0. The van der Waals surface area contributed by atoms with Crippen molar-refractivity contribution in [2.24, 2.45) is 5.73 Å². The van der Waals surface area contributed by atoms with Gasteiger partial charge in [-0.15, -0.1) is 0 Å². The minimum Gasteiger partial charge on any atom is -0.327 e. The molecule has 0 radical (unpaired) electrons. The zero-order valence-electron chi connectivity index (χ0n) is 18.4. The molecule has 0 aliphatic carbocycles. The summed E-state index contributed by atoms with van der Waals surface area (Å²) in [6, 6.07) is 12.4. The van der Waals surface area contributed by atoms with Crippen LogP contribution in [0.4, 0.5) is 0 Å². The van der Waals surface area contributed by atoms with Gasteiger partial charge in [0.25, 0.3) is 0 Å². The molecule has 3 aromatic rings. The number of fused-ring (bicyclic) bond motifs is 1. The summed E-state index contributed by atoms with van der Waals surface area (Å²) in [5.74, 6) is 0. The number of rotatable bonds is 6. The predicted octanol–water partition coefficient (Wildman–Crippen LogP) is 5.84. The molecular formula is C25H34N4. The first kappa shape index (κ1) is 22.6. The molecule has 0 spiro atoms. The first-order chi connectivity index (χ1) is 14.0. The van der Waals surface area contributed by atoms with Crippen LogP contribution >= 0.6 is 0 Å². The Labute approximate surface area is 175 Å². The molecule has 2 heterocycles. The van der Waals surface area contributed by atoms with Crippen LogP contribution in [0.1, 0.15) is 50.6 Å². The fraction of sp³-hybridized carbons (Fsp3) is 0.360. The van der Waals surface area contributed by atoms with Crippen LogP contribution in [0, 0.1) is 13.8 Å². The van der Waals surface area contributed by atoms with Gasteiger partial charge >= 0.3 is 0 Å². The normalized spacial score (nSPS) is 12.8. The van der Waals surface area contributed by atoms with Gasteiger partial charge in [-0.25, -0.2) is 4.68 Å². The average molecular weight is 391 g/mol. The number of hydrogen-bond acceptors (Lipinski definition) is 3. The van der Waals surface area contributed by atoms with Gasteiger partial charge in [-0.1, -0.05) is 56.7 Å². The summed E-state index contributed by atoms with van der Waals surface area (Å²) in [7, 11) is 0. The highest BCUT2D eigenvalue weighted by atomic mass is 15.3. The molecule has 1 atom stereocenters. The Morgan fingerprint density at radius 1 is 1.14 bits per heavy atom. The Morgan fingerprint density at radius 3 is 2.59 bits per heavy atom. The number of aryl methyl sites for hydroxylation is 2. The van der Waals surface area contributed by atoms with Gasteiger partial charge in [0.2, 0.25) is 0 Å². The van der Waals surface area contributed by atoms with E-state index in [1.807, 2.05) is 55.1 Å². The number of para-hydroxylation sites is 1. The second-order valence-corrected chi connectivity index (χ2v) is 7.39. The smallest absolute Gasteiger partial charge is 0.0737 e. The highest BCUT2D eigenvalue weighted by molar-refractivity contribution is 5.81. The third-order valence-electron chi connectivity index (χ3n) is 4.50. The minimum atomic E-state index is -0.0255. The zero-order valence-corrected chi connectivity index (χ0v) is 18.4. The molecule has 0 amide bonds. The molecule has 0 saturated carbocycles. The summed E-state index contributed by atoms with van der Waals surface area (Å²) in [4.78, 5) is 4.66. The molecule has 0 saturated heterocycles. The Kier molecular flexibility index (Phi) is 8.81. The van der Waals surface area contributed by atoms with Crippen molar-refractivity contribution in [1.82, 2.24) is 14.8 Å². The SMILES string of the molecule is C/C=C\C=C(/CC(N)Cc1nc(C)ccc1C)n1ncc2ccccc21.CCC. The third kappa shape index (κ3) is 6.40. The van der Waals surface area contributed by atoms with E-state index in [0.29, 0.717) is 0 Å². The molecule has 0 fully saturated rings. The maximum absolute atomic E-state index is 6.50. The number of aromatic nitrogens is 3. The van der Waals surface area contributed by atoms with Crippen LogP contribution in [0.5, 0.6) is 0 Å². The quantitative estimate of drug-likeness (QED) is 0.538. The highest BCUT2D eigenvalue weighted by Crippen LogP contribution is 2.21. The summed E-state index contributed by atoms with van der Waals surface area (Å²) < 4.78 is 1.99. The van der Waals surface area contributed by atoms with E-state index in [9.17, 15) is 0 Å². The third-order valence-corrected chi connectivity index (χ3v) is 4.50. The zero-order chi connectivity index (χ0) is 21.2. The molecule has 0 bridgehead atoms. The lowest BCUT2D eigenvalue weighted by molar-refractivity contribution is 0.652. The first-order valence-electron chi connectivity index (χ1n) is 10.4. The Hall–Kier alpha value is -2.72. The van der Waals surface area contributed by atoms with E-state index in [2.05, 4.69) is 55.1 Å². The maximum atomic E-state index is 6.50. The van der Waals surface area contributed by atoms with Crippen molar-refractivity contribution in [2.45, 2.75) is 59.9 Å². The van der Waals surface area contributed by atoms with Gasteiger partial charge in [0, 0.05) is 41.4 Å². The summed E-state index contributed by atoms with van der Waals surface area (Å²) in [6.07, 6.45) is 10.8. The Morgan fingerprint density at radius 2 is 1.86 bits per heavy atom. The monoisotopic (exact) mass is 390 g/mol. The van der Waals surface area contributed by atoms with Crippen molar-refractivity contribution < 1.29 is 0 Å². The van der Waals surface area contributed by atoms with Crippen molar-refractivity contribution in [3.63, 3.8) is 0 Å². The molecule has 2 aromatic heterocycles. The van der Waals surface area contributed by atoms with Crippen LogP contribution in [0.3, 0.4) is 0 Å². The van der Waals surface area contributed by atoms with Crippen LogP contribution in [0.15, 0.2) is 60.8 Å². The Balaban J connectivity index is 0.000000941. The second-order valence-electron chi connectivity index (χ2n) is 7.39. The lowest BCUT2D eigenvalue weighted by Gasteiger charge is -2.16. The number of benzene rings is 1. The summed E-state index contributed by atoms with van der Waals surface area (Å²) >= 11 is 0. The predicted molar refractivity (Wildman–Crippen MR) is 125 cm³/mol. The van der Waals surface area contributed by atoms with Crippen LogP contribution in [-0.2, 0) is 6.42 Å². The number of nitrogens with zero attached hydrogens (tertiary/aromatic N) is 3. The van der Waals surface area contributed by atoms with Crippen LogP contribution in [-0.4, -0.2) is 20.8 Å². The van der Waals surface area contributed by atoms with Gasteiger partial charge in [0.15, 0.2) is 0 Å². The largest absolute Gasteiger partial charge is 0.327 e. The second kappa shape index (κ2) is 11.3. The highest BCUT2D eigenvalue weighted by Gasteiger charge is 2.13. The van der Waals surface area contributed by atoms with Crippen LogP contribution in [0.2, 0.25) is 0 Å². The molecule has 4 nitrogen and oxygen atoms in total. The topological polar surface area (TPSA) is 56.7 Å². The van der Waals surface area contributed by atoms with Crippen molar-refractivity contribution >= 4 is 16.6 Å².